The molecule has 0 atom stereocenters. The number of hydrogen-bond donors (Lipinski definition) is 2. The van der Waals surface area contributed by atoms with E-state index < -0.39 is 23.8 Å². The molecule has 0 saturated heterocycles. The SMILES string of the molecule is O=C(O)/C=C/c1ccc(N2C(=O)c3ccc(C(=O)O)cc3C2=O)cc1. The first-order valence-corrected chi connectivity index (χ1v) is 7.15. The zero-order chi connectivity index (χ0) is 18.1. The standard InChI is InChI=1S/C18H11NO6/c20-15(21)8-3-10-1-5-12(6-2-10)19-16(22)13-7-4-11(18(24)25)9-14(13)17(19)23/h1-9H,(H,20,21)(H,24,25)/b8-3+. The van der Waals surface area contributed by atoms with Crippen molar-refractivity contribution < 1.29 is 29.4 Å². The Morgan fingerprint density at radius 2 is 1.52 bits per heavy atom. The first-order chi connectivity index (χ1) is 11.9. The van der Waals surface area contributed by atoms with Gasteiger partial charge in [-0.15, -0.1) is 0 Å². The van der Waals surface area contributed by atoms with Crippen LogP contribution in [0.2, 0.25) is 0 Å². The van der Waals surface area contributed by atoms with Gasteiger partial charge in [-0.25, -0.2) is 14.5 Å². The number of carboxylic acid groups (broad SMARTS) is 2. The summed E-state index contributed by atoms with van der Waals surface area (Å²) in [6.07, 6.45) is 2.36. The zero-order valence-electron chi connectivity index (χ0n) is 12.7. The molecule has 7 heteroatoms. The number of benzene rings is 2. The summed E-state index contributed by atoms with van der Waals surface area (Å²) in [4.78, 5) is 47.5. The Labute approximate surface area is 141 Å². The first-order valence-electron chi connectivity index (χ1n) is 7.15. The van der Waals surface area contributed by atoms with Crippen molar-refractivity contribution in [2.24, 2.45) is 0 Å². The molecular weight excluding hydrogens is 326 g/mol. The summed E-state index contributed by atoms with van der Waals surface area (Å²) >= 11 is 0. The quantitative estimate of drug-likeness (QED) is 0.654. The zero-order valence-corrected chi connectivity index (χ0v) is 12.7. The summed E-state index contributed by atoms with van der Waals surface area (Å²) in [5.74, 6) is -3.41. The van der Waals surface area contributed by atoms with E-state index in [-0.39, 0.29) is 16.7 Å². The highest BCUT2D eigenvalue weighted by molar-refractivity contribution is 6.34. The van der Waals surface area contributed by atoms with Crippen molar-refractivity contribution >= 4 is 35.5 Å². The van der Waals surface area contributed by atoms with E-state index >= 15 is 0 Å². The number of nitrogens with zero attached hydrogens (tertiary/aromatic N) is 1. The molecular formula is C18H11NO6. The largest absolute Gasteiger partial charge is 0.478 e. The summed E-state index contributed by atoms with van der Waals surface area (Å²) < 4.78 is 0. The van der Waals surface area contributed by atoms with Crippen LogP contribution in [0.4, 0.5) is 5.69 Å². The number of carbonyl (C=O) groups is 4. The van der Waals surface area contributed by atoms with Gasteiger partial charge in [-0.1, -0.05) is 12.1 Å². The van der Waals surface area contributed by atoms with E-state index in [0.717, 1.165) is 11.0 Å². The second kappa shape index (κ2) is 6.04. The molecule has 0 bridgehead atoms. The van der Waals surface area contributed by atoms with Crippen LogP contribution in [0.25, 0.3) is 6.08 Å². The summed E-state index contributed by atoms with van der Waals surface area (Å²) in [5, 5.41) is 17.6. The summed E-state index contributed by atoms with van der Waals surface area (Å²) in [7, 11) is 0. The molecule has 25 heavy (non-hydrogen) atoms. The number of hydrogen-bond acceptors (Lipinski definition) is 4. The van der Waals surface area contributed by atoms with E-state index in [1.54, 1.807) is 12.1 Å². The second-order valence-electron chi connectivity index (χ2n) is 5.27. The first kappa shape index (κ1) is 16.1. The Morgan fingerprint density at radius 1 is 0.880 bits per heavy atom. The minimum atomic E-state index is -1.18. The van der Waals surface area contributed by atoms with Gasteiger partial charge in [-0.05, 0) is 42.0 Å². The van der Waals surface area contributed by atoms with Crippen molar-refractivity contribution in [2.45, 2.75) is 0 Å². The molecule has 2 amide bonds. The Morgan fingerprint density at radius 3 is 2.12 bits per heavy atom. The maximum Gasteiger partial charge on any atom is 0.335 e. The molecule has 0 fully saturated rings. The van der Waals surface area contributed by atoms with Gasteiger partial charge in [-0.2, -0.15) is 0 Å². The van der Waals surface area contributed by atoms with E-state index in [0.29, 0.717) is 11.3 Å². The lowest BCUT2D eigenvalue weighted by Gasteiger charge is -2.13. The smallest absolute Gasteiger partial charge is 0.335 e. The van der Waals surface area contributed by atoms with E-state index in [4.69, 9.17) is 10.2 Å². The molecule has 0 radical (unpaired) electrons. The molecule has 0 aromatic heterocycles. The van der Waals surface area contributed by atoms with Gasteiger partial charge in [0.1, 0.15) is 0 Å². The third kappa shape index (κ3) is 2.90. The van der Waals surface area contributed by atoms with Crippen LogP contribution in [0.3, 0.4) is 0 Å². The Kier molecular flexibility index (Phi) is 3.90. The number of aliphatic carboxylic acids is 1. The molecule has 2 aromatic rings. The predicted octanol–water partition coefficient (Wildman–Crippen LogP) is 2.28. The predicted molar refractivity (Wildman–Crippen MR) is 87.7 cm³/mol. The molecule has 0 unspecified atom stereocenters. The van der Waals surface area contributed by atoms with Crippen LogP contribution >= 0.6 is 0 Å². The van der Waals surface area contributed by atoms with Gasteiger partial charge in [0.2, 0.25) is 0 Å². The fourth-order valence-corrected chi connectivity index (χ4v) is 2.51. The molecule has 1 heterocycles. The molecule has 1 aliphatic rings. The lowest BCUT2D eigenvalue weighted by molar-refractivity contribution is -0.131. The van der Waals surface area contributed by atoms with E-state index in [9.17, 15) is 19.2 Å². The summed E-state index contributed by atoms with van der Waals surface area (Å²) in [6.45, 7) is 0. The topological polar surface area (TPSA) is 112 Å². The molecule has 0 aliphatic carbocycles. The third-order valence-corrected chi connectivity index (χ3v) is 3.70. The van der Waals surface area contributed by atoms with Gasteiger partial charge < -0.3 is 10.2 Å². The fraction of sp³-hybridized carbons (Fsp3) is 0. The van der Waals surface area contributed by atoms with Crippen molar-refractivity contribution in [1.29, 1.82) is 0 Å². The summed E-state index contributed by atoms with van der Waals surface area (Å²) in [6, 6.07) is 9.95. The maximum atomic E-state index is 12.5. The van der Waals surface area contributed by atoms with E-state index in [1.807, 2.05) is 0 Å². The minimum absolute atomic E-state index is 0.0414. The molecule has 3 rings (SSSR count). The average Bonchev–Trinajstić information content (AvgIpc) is 2.84. The second-order valence-corrected chi connectivity index (χ2v) is 5.27. The van der Waals surface area contributed by atoms with Crippen molar-refractivity contribution in [1.82, 2.24) is 0 Å². The van der Waals surface area contributed by atoms with Gasteiger partial charge in [0.15, 0.2) is 0 Å². The maximum absolute atomic E-state index is 12.5. The molecule has 7 nitrogen and oxygen atoms in total. The highest BCUT2D eigenvalue weighted by atomic mass is 16.4. The van der Waals surface area contributed by atoms with Gasteiger partial charge in [-0.3, -0.25) is 9.59 Å². The van der Waals surface area contributed by atoms with Gasteiger partial charge in [0, 0.05) is 6.08 Å². The van der Waals surface area contributed by atoms with Crippen molar-refractivity contribution in [3.63, 3.8) is 0 Å². The highest BCUT2D eigenvalue weighted by Crippen LogP contribution is 2.29. The Bertz CT molecular complexity index is 943. The molecule has 0 spiro atoms. The number of imide groups is 1. The minimum Gasteiger partial charge on any atom is -0.478 e. The number of aromatic carboxylic acids is 1. The van der Waals surface area contributed by atoms with E-state index in [1.165, 1.54) is 36.4 Å². The van der Waals surface area contributed by atoms with Gasteiger partial charge in [0.05, 0.1) is 22.4 Å². The lowest BCUT2D eigenvalue weighted by Crippen LogP contribution is -2.29. The van der Waals surface area contributed by atoms with Crippen molar-refractivity contribution in [3.05, 3.63) is 70.8 Å². The number of carboxylic acids is 2. The van der Waals surface area contributed by atoms with Crippen LogP contribution in [-0.4, -0.2) is 34.0 Å². The van der Waals surface area contributed by atoms with Crippen LogP contribution in [-0.2, 0) is 4.79 Å². The van der Waals surface area contributed by atoms with Crippen molar-refractivity contribution in [3.8, 4) is 0 Å². The molecule has 0 saturated carbocycles. The third-order valence-electron chi connectivity index (χ3n) is 3.70. The van der Waals surface area contributed by atoms with Crippen LogP contribution in [0.5, 0.6) is 0 Å². The Balaban J connectivity index is 1.94. The average molecular weight is 337 g/mol. The normalized spacial score (nSPS) is 13.4. The highest BCUT2D eigenvalue weighted by Gasteiger charge is 2.37. The number of fused-ring (bicyclic) bond motifs is 1. The van der Waals surface area contributed by atoms with Crippen LogP contribution in [0.1, 0.15) is 36.6 Å². The number of rotatable bonds is 4. The molecule has 2 N–H and O–H groups in total. The van der Waals surface area contributed by atoms with E-state index in [2.05, 4.69) is 0 Å². The van der Waals surface area contributed by atoms with Crippen LogP contribution < -0.4 is 4.90 Å². The summed E-state index contributed by atoms with van der Waals surface area (Å²) in [5.41, 5.74) is 1.02. The van der Waals surface area contributed by atoms with Crippen LogP contribution in [0, 0.1) is 0 Å². The molecule has 1 aliphatic heterocycles. The number of carbonyl (C=O) groups excluding carboxylic acids is 2. The van der Waals surface area contributed by atoms with Gasteiger partial charge >= 0.3 is 11.9 Å². The fourth-order valence-electron chi connectivity index (χ4n) is 2.51. The lowest BCUT2D eigenvalue weighted by atomic mass is 10.1. The van der Waals surface area contributed by atoms with Crippen LogP contribution in [0.15, 0.2) is 48.5 Å². The van der Waals surface area contributed by atoms with Crippen molar-refractivity contribution in [2.75, 3.05) is 4.90 Å². The molecule has 2 aromatic carbocycles. The number of amides is 2. The Hall–Kier alpha value is -3.74. The van der Waals surface area contributed by atoms with Gasteiger partial charge in [0.25, 0.3) is 11.8 Å². The number of anilines is 1. The molecule has 124 valence electrons. The monoisotopic (exact) mass is 337 g/mol.